The van der Waals surface area contributed by atoms with Crippen LogP contribution in [-0.2, 0) is 14.3 Å². The normalized spacial score (nSPS) is 21.8. The van der Waals surface area contributed by atoms with Crippen LogP contribution < -0.4 is 9.64 Å². The van der Waals surface area contributed by atoms with Crippen LogP contribution in [0.15, 0.2) is 42.5 Å². The number of methoxy groups -OCH3 is 1. The molecule has 2 heterocycles. The van der Waals surface area contributed by atoms with E-state index < -0.39 is 0 Å². The van der Waals surface area contributed by atoms with Crippen molar-refractivity contribution in [2.75, 3.05) is 38.3 Å². The van der Waals surface area contributed by atoms with Crippen LogP contribution >= 0.6 is 0 Å². The first-order valence-corrected chi connectivity index (χ1v) is 10.4. The Morgan fingerprint density at radius 2 is 1.93 bits per heavy atom. The number of carbonyl (C=O) groups excluding carboxylic acids is 2. The lowest BCUT2D eigenvalue weighted by Gasteiger charge is -2.35. The molecule has 0 N–H and O–H groups in total. The predicted molar refractivity (Wildman–Crippen MR) is 115 cm³/mol. The summed E-state index contributed by atoms with van der Waals surface area (Å²) < 4.78 is 11.4. The number of nitrogens with zero attached hydrogens (tertiary/aromatic N) is 2. The highest BCUT2D eigenvalue weighted by Gasteiger charge is 2.39. The predicted octanol–water partition coefficient (Wildman–Crippen LogP) is 3.27. The molecule has 2 aliphatic rings. The van der Waals surface area contributed by atoms with Gasteiger partial charge < -0.3 is 19.3 Å². The van der Waals surface area contributed by atoms with Crippen molar-refractivity contribution >= 4 is 17.5 Å². The minimum absolute atomic E-state index is 0.0272. The van der Waals surface area contributed by atoms with E-state index in [9.17, 15) is 9.59 Å². The van der Waals surface area contributed by atoms with Gasteiger partial charge in [-0.05, 0) is 42.7 Å². The molecule has 6 heteroatoms. The second kappa shape index (κ2) is 8.48. The lowest BCUT2D eigenvalue weighted by molar-refractivity contribution is -0.143. The van der Waals surface area contributed by atoms with Crippen LogP contribution in [0.1, 0.15) is 29.2 Å². The Hall–Kier alpha value is -2.86. The van der Waals surface area contributed by atoms with Crippen LogP contribution in [0.2, 0.25) is 0 Å². The Morgan fingerprint density at radius 1 is 1.13 bits per heavy atom. The number of hydrogen-bond acceptors (Lipinski definition) is 4. The van der Waals surface area contributed by atoms with Crippen LogP contribution in [-0.4, -0.2) is 50.1 Å². The molecular weight excluding hydrogens is 380 g/mol. The van der Waals surface area contributed by atoms with Gasteiger partial charge in [0, 0.05) is 19.5 Å². The summed E-state index contributed by atoms with van der Waals surface area (Å²) in [6.45, 7) is 5.99. The Balaban J connectivity index is 1.49. The number of anilines is 1. The zero-order valence-electron chi connectivity index (χ0n) is 17.8. The number of carbonyl (C=O) groups is 2. The van der Waals surface area contributed by atoms with E-state index in [2.05, 4.69) is 19.1 Å². The van der Waals surface area contributed by atoms with E-state index in [1.165, 1.54) is 0 Å². The molecule has 6 nitrogen and oxygen atoms in total. The van der Waals surface area contributed by atoms with Gasteiger partial charge in [0.25, 0.3) is 0 Å². The third kappa shape index (κ3) is 3.92. The van der Waals surface area contributed by atoms with Gasteiger partial charge in [0.05, 0.1) is 31.9 Å². The summed E-state index contributed by atoms with van der Waals surface area (Å²) in [5.74, 6) is 0.284. The lowest BCUT2D eigenvalue weighted by atomic mass is 10.0. The molecule has 0 aromatic heterocycles. The second-order valence-corrected chi connectivity index (χ2v) is 8.08. The van der Waals surface area contributed by atoms with E-state index in [4.69, 9.17) is 9.47 Å². The van der Waals surface area contributed by atoms with E-state index in [-0.39, 0.29) is 30.3 Å². The second-order valence-electron chi connectivity index (χ2n) is 8.08. The van der Waals surface area contributed by atoms with E-state index in [1.54, 1.807) is 12.0 Å². The first-order chi connectivity index (χ1) is 14.5. The van der Waals surface area contributed by atoms with E-state index in [0.717, 1.165) is 22.4 Å². The Bertz CT molecular complexity index is 958. The van der Waals surface area contributed by atoms with Gasteiger partial charge in [-0.1, -0.05) is 30.3 Å². The molecule has 158 valence electrons. The fourth-order valence-electron chi connectivity index (χ4n) is 4.36. The summed E-state index contributed by atoms with van der Waals surface area (Å²) in [5, 5.41) is 0. The number of benzene rings is 2. The molecule has 0 aliphatic carbocycles. The minimum atomic E-state index is -0.349. The quantitative estimate of drug-likeness (QED) is 0.779. The van der Waals surface area contributed by atoms with Crippen molar-refractivity contribution in [3.8, 4) is 5.75 Å². The third-order valence-corrected chi connectivity index (χ3v) is 6.01. The van der Waals surface area contributed by atoms with Gasteiger partial charge in [0.1, 0.15) is 11.9 Å². The molecule has 4 rings (SSSR count). The first kappa shape index (κ1) is 20.4. The monoisotopic (exact) mass is 408 g/mol. The molecule has 0 bridgehead atoms. The largest absolute Gasteiger partial charge is 0.495 e. The summed E-state index contributed by atoms with van der Waals surface area (Å²) in [6.07, 6.45) is 0.0939. The van der Waals surface area contributed by atoms with Crippen molar-refractivity contribution in [3.05, 3.63) is 59.2 Å². The smallest absolute Gasteiger partial charge is 0.228 e. The van der Waals surface area contributed by atoms with Crippen molar-refractivity contribution in [1.82, 2.24) is 4.90 Å². The van der Waals surface area contributed by atoms with Gasteiger partial charge in [-0.2, -0.15) is 0 Å². The van der Waals surface area contributed by atoms with Gasteiger partial charge in [-0.25, -0.2) is 0 Å². The molecule has 2 atom stereocenters. The Labute approximate surface area is 177 Å². The Morgan fingerprint density at radius 3 is 2.70 bits per heavy atom. The van der Waals surface area contributed by atoms with Crippen molar-refractivity contribution in [1.29, 1.82) is 0 Å². The van der Waals surface area contributed by atoms with Crippen molar-refractivity contribution in [3.63, 3.8) is 0 Å². The summed E-state index contributed by atoms with van der Waals surface area (Å²) >= 11 is 0. The van der Waals surface area contributed by atoms with Crippen LogP contribution in [0.3, 0.4) is 0 Å². The molecule has 0 radical (unpaired) electrons. The number of amides is 2. The third-order valence-electron chi connectivity index (χ3n) is 6.01. The summed E-state index contributed by atoms with van der Waals surface area (Å²) in [7, 11) is 1.59. The van der Waals surface area contributed by atoms with E-state index in [1.807, 2.05) is 42.2 Å². The standard InChI is InChI=1S/C24H28N2O4/c1-16-8-9-21(29-3)20(12-16)26-14-18(13-23(26)27)24(28)25-10-11-30-22(15-25)19-7-5-4-6-17(19)2/h4-9,12,18,22H,10-11,13-15H2,1-3H3/t18-,22-/m1/s1. The molecule has 0 unspecified atom stereocenters. The molecule has 2 amide bonds. The summed E-state index contributed by atoms with van der Waals surface area (Å²) in [4.78, 5) is 29.6. The van der Waals surface area contributed by atoms with E-state index in [0.29, 0.717) is 32.0 Å². The SMILES string of the molecule is COc1ccc(C)cc1N1C[C@H](C(=O)N2CCO[C@@H](c3ccccc3C)C2)CC1=O. The topological polar surface area (TPSA) is 59.1 Å². The fraction of sp³-hybridized carbons (Fsp3) is 0.417. The summed E-state index contributed by atoms with van der Waals surface area (Å²) in [6, 6.07) is 13.9. The molecule has 2 aromatic carbocycles. The maximum absolute atomic E-state index is 13.3. The van der Waals surface area contributed by atoms with Crippen molar-refractivity contribution in [2.45, 2.75) is 26.4 Å². The number of aryl methyl sites for hydroxylation is 2. The number of rotatable bonds is 4. The number of morpholine rings is 1. The molecule has 2 aromatic rings. The first-order valence-electron chi connectivity index (χ1n) is 10.4. The molecule has 0 saturated carbocycles. The maximum atomic E-state index is 13.3. The van der Waals surface area contributed by atoms with Gasteiger partial charge >= 0.3 is 0 Å². The highest BCUT2D eigenvalue weighted by atomic mass is 16.5. The van der Waals surface area contributed by atoms with Gasteiger partial charge in [0.15, 0.2) is 0 Å². The molecule has 2 saturated heterocycles. The zero-order chi connectivity index (χ0) is 21.3. The maximum Gasteiger partial charge on any atom is 0.228 e. The lowest BCUT2D eigenvalue weighted by Crippen LogP contribution is -2.45. The molecular formula is C24H28N2O4. The minimum Gasteiger partial charge on any atom is -0.495 e. The van der Waals surface area contributed by atoms with Crippen LogP contribution in [0.25, 0.3) is 0 Å². The van der Waals surface area contributed by atoms with E-state index >= 15 is 0 Å². The molecule has 2 fully saturated rings. The van der Waals surface area contributed by atoms with Crippen molar-refractivity contribution in [2.24, 2.45) is 5.92 Å². The van der Waals surface area contributed by atoms with Crippen molar-refractivity contribution < 1.29 is 19.1 Å². The zero-order valence-corrected chi connectivity index (χ0v) is 17.8. The number of hydrogen-bond donors (Lipinski definition) is 0. The molecule has 2 aliphatic heterocycles. The molecule has 30 heavy (non-hydrogen) atoms. The van der Waals surface area contributed by atoms with Gasteiger partial charge in [-0.15, -0.1) is 0 Å². The molecule has 0 spiro atoms. The fourth-order valence-corrected chi connectivity index (χ4v) is 4.36. The average Bonchev–Trinajstić information content (AvgIpc) is 3.15. The van der Waals surface area contributed by atoms with Crippen LogP contribution in [0, 0.1) is 19.8 Å². The van der Waals surface area contributed by atoms with Crippen LogP contribution in [0.4, 0.5) is 5.69 Å². The highest BCUT2D eigenvalue weighted by Crippen LogP contribution is 2.35. The van der Waals surface area contributed by atoms with Gasteiger partial charge in [-0.3, -0.25) is 9.59 Å². The highest BCUT2D eigenvalue weighted by molar-refractivity contribution is 6.01. The number of ether oxygens (including phenoxy) is 2. The summed E-state index contributed by atoms with van der Waals surface area (Å²) in [5.41, 5.74) is 4.05. The van der Waals surface area contributed by atoms with Crippen LogP contribution in [0.5, 0.6) is 5.75 Å². The van der Waals surface area contributed by atoms with Gasteiger partial charge in [0.2, 0.25) is 11.8 Å². The average molecular weight is 408 g/mol. The Kier molecular flexibility index (Phi) is 5.77.